The van der Waals surface area contributed by atoms with Crippen LogP contribution in [0.15, 0.2) is 42.5 Å². The third-order valence-corrected chi connectivity index (χ3v) is 4.73. The van der Waals surface area contributed by atoms with Crippen LogP contribution in [0.3, 0.4) is 0 Å². The van der Waals surface area contributed by atoms with Gasteiger partial charge in [-0.25, -0.2) is 4.79 Å². The molecule has 0 spiro atoms. The summed E-state index contributed by atoms with van der Waals surface area (Å²) in [5, 5.41) is 2.79. The van der Waals surface area contributed by atoms with Crippen LogP contribution in [0.4, 0.5) is 4.79 Å². The Kier molecular flexibility index (Phi) is 7.24. The van der Waals surface area contributed by atoms with Crippen molar-refractivity contribution in [1.29, 1.82) is 0 Å². The summed E-state index contributed by atoms with van der Waals surface area (Å²) in [5.74, 6) is -0.620. The molecule has 1 amide bonds. The fraction of sp³-hybridized carbons (Fsp3) is 0.545. The molecule has 1 fully saturated rings. The third-order valence-electron chi connectivity index (χ3n) is 4.73. The van der Waals surface area contributed by atoms with Crippen molar-refractivity contribution in [3.05, 3.63) is 48.0 Å². The van der Waals surface area contributed by atoms with E-state index in [4.69, 9.17) is 15.2 Å². The normalized spacial score (nSPS) is 25.3. The molecule has 3 N–H and O–H groups in total. The summed E-state index contributed by atoms with van der Waals surface area (Å²) in [6.45, 7) is 7.57. The number of hydrogen-bond donors (Lipinski definition) is 2. The number of nitrogens with two attached hydrogens (primary N) is 1. The molecule has 1 aromatic carbocycles. The molecule has 0 bridgehead atoms. The highest BCUT2D eigenvalue weighted by molar-refractivity contribution is 5.73. The molecule has 1 saturated carbocycles. The number of carbonyl (C=O) groups is 2. The maximum Gasteiger partial charge on any atom is 0.409 e. The van der Waals surface area contributed by atoms with Crippen molar-refractivity contribution in [2.24, 2.45) is 17.6 Å². The second-order valence-corrected chi connectivity index (χ2v) is 8.42. The Morgan fingerprint density at radius 2 is 1.96 bits per heavy atom. The molecule has 0 heterocycles. The summed E-state index contributed by atoms with van der Waals surface area (Å²) in [6.07, 6.45) is 4.79. The number of benzene rings is 1. The van der Waals surface area contributed by atoms with Crippen LogP contribution >= 0.6 is 0 Å². The minimum atomic E-state index is -0.914. The molecular formula is C22H32N2O4. The van der Waals surface area contributed by atoms with Crippen LogP contribution in [0.2, 0.25) is 0 Å². The van der Waals surface area contributed by atoms with Crippen LogP contribution in [-0.2, 0) is 20.9 Å². The summed E-state index contributed by atoms with van der Waals surface area (Å²) >= 11 is 0. The first kappa shape index (κ1) is 22.0. The SMILES string of the molecule is CC=CC1CC(N)(NC(=O)OC(C)(C)C)CCC1C(=O)OCc1ccccc1. The van der Waals surface area contributed by atoms with Gasteiger partial charge in [-0.05, 0) is 58.4 Å². The van der Waals surface area contributed by atoms with Gasteiger partial charge in [0.05, 0.1) is 11.6 Å². The van der Waals surface area contributed by atoms with Crippen LogP contribution in [-0.4, -0.2) is 23.3 Å². The second-order valence-electron chi connectivity index (χ2n) is 8.42. The average Bonchev–Trinajstić information content (AvgIpc) is 2.59. The molecule has 0 radical (unpaired) electrons. The number of alkyl carbamates (subject to hydrolysis) is 1. The fourth-order valence-electron chi connectivity index (χ4n) is 3.49. The fourth-order valence-corrected chi connectivity index (χ4v) is 3.49. The topological polar surface area (TPSA) is 90.6 Å². The van der Waals surface area contributed by atoms with E-state index in [1.54, 1.807) is 20.8 Å². The van der Waals surface area contributed by atoms with E-state index in [2.05, 4.69) is 5.32 Å². The molecule has 1 aromatic rings. The van der Waals surface area contributed by atoms with Gasteiger partial charge in [0, 0.05) is 0 Å². The van der Waals surface area contributed by atoms with E-state index in [0.717, 1.165) is 5.56 Å². The Bertz CT molecular complexity index is 696. The lowest BCUT2D eigenvalue weighted by molar-refractivity contribution is -0.153. The molecule has 1 aliphatic carbocycles. The smallest absolute Gasteiger partial charge is 0.409 e. The first-order valence-corrected chi connectivity index (χ1v) is 9.75. The summed E-state index contributed by atoms with van der Waals surface area (Å²) in [6, 6.07) is 9.60. The van der Waals surface area contributed by atoms with Crippen molar-refractivity contribution in [3.8, 4) is 0 Å². The molecule has 1 aliphatic rings. The summed E-state index contributed by atoms with van der Waals surface area (Å²) < 4.78 is 10.9. The minimum Gasteiger partial charge on any atom is -0.461 e. The number of carbonyl (C=O) groups excluding carboxylic acids is 2. The zero-order chi connectivity index (χ0) is 20.8. The number of allylic oxidation sites excluding steroid dienone is 2. The molecule has 2 rings (SSSR count). The zero-order valence-electron chi connectivity index (χ0n) is 17.2. The van der Waals surface area contributed by atoms with Crippen LogP contribution in [0, 0.1) is 11.8 Å². The maximum absolute atomic E-state index is 12.7. The number of hydrogen-bond acceptors (Lipinski definition) is 5. The highest BCUT2D eigenvalue weighted by Crippen LogP contribution is 2.36. The van der Waals surface area contributed by atoms with E-state index in [1.165, 1.54) is 0 Å². The van der Waals surface area contributed by atoms with E-state index in [0.29, 0.717) is 19.3 Å². The van der Waals surface area contributed by atoms with Crippen molar-refractivity contribution in [2.45, 2.75) is 64.8 Å². The molecule has 6 nitrogen and oxygen atoms in total. The third kappa shape index (κ3) is 6.68. The lowest BCUT2D eigenvalue weighted by Gasteiger charge is -2.41. The van der Waals surface area contributed by atoms with Gasteiger partial charge < -0.3 is 20.5 Å². The van der Waals surface area contributed by atoms with E-state index >= 15 is 0 Å². The minimum absolute atomic E-state index is 0.109. The van der Waals surface area contributed by atoms with Crippen molar-refractivity contribution in [1.82, 2.24) is 5.32 Å². The lowest BCUT2D eigenvalue weighted by atomic mass is 9.73. The van der Waals surface area contributed by atoms with Crippen LogP contribution in [0.5, 0.6) is 0 Å². The standard InChI is InChI=1S/C22H32N2O4/c1-5-9-17-14-22(23,24-20(26)28-21(2,3)4)13-12-18(17)19(25)27-15-16-10-7-6-8-11-16/h5-11,17-18H,12-15,23H2,1-4H3,(H,24,26). The predicted octanol–water partition coefficient (Wildman–Crippen LogP) is 3.90. The highest BCUT2D eigenvalue weighted by Gasteiger charge is 2.42. The Labute approximate surface area is 167 Å². The molecule has 6 heteroatoms. The molecule has 154 valence electrons. The molecular weight excluding hydrogens is 356 g/mol. The monoisotopic (exact) mass is 388 g/mol. The molecule has 3 unspecified atom stereocenters. The quantitative estimate of drug-likeness (QED) is 0.453. The van der Waals surface area contributed by atoms with Crippen LogP contribution in [0.25, 0.3) is 0 Å². The Balaban J connectivity index is 1.99. The first-order valence-electron chi connectivity index (χ1n) is 9.75. The van der Waals surface area contributed by atoms with E-state index in [9.17, 15) is 9.59 Å². The number of ether oxygens (including phenoxy) is 2. The van der Waals surface area contributed by atoms with Gasteiger partial charge in [-0.2, -0.15) is 0 Å². The first-order chi connectivity index (χ1) is 13.1. The van der Waals surface area contributed by atoms with Gasteiger partial charge in [0.15, 0.2) is 0 Å². The van der Waals surface area contributed by atoms with E-state index < -0.39 is 17.4 Å². The van der Waals surface area contributed by atoms with Gasteiger partial charge in [-0.1, -0.05) is 42.5 Å². The summed E-state index contributed by atoms with van der Waals surface area (Å²) in [4.78, 5) is 24.8. The molecule has 0 aromatic heterocycles. The second kappa shape index (κ2) is 9.24. The Morgan fingerprint density at radius 3 is 2.57 bits per heavy atom. The van der Waals surface area contributed by atoms with Crippen molar-refractivity contribution in [3.63, 3.8) is 0 Å². The number of esters is 1. The van der Waals surface area contributed by atoms with Gasteiger partial charge in [0.1, 0.15) is 12.2 Å². The Hall–Kier alpha value is -2.34. The van der Waals surface area contributed by atoms with E-state index in [1.807, 2.05) is 49.4 Å². The van der Waals surface area contributed by atoms with Gasteiger partial charge in [-0.3, -0.25) is 4.79 Å². The number of nitrogens with one attached hydrogen (secondary N) is 1. The molecule has 3 atom stereocenters. The average molecular weight is 389 g/mol. The largest absolute Gasteiger partial charge is 0.461 e. The van der Waals surface area contributed by atoms with E-state index in [-0.39, 0.29) is 24.4 Å². The predicted molar refractivity (Wildman–Crippen MR) is 108 cm³/mol. The van der Waals surface area contributed by atoms with Gasteiger partial charge >= 0.3 is 12.1 Å². The zero-order valence-corrected chi connectivity index (χ0v) is 17.2. The van der Waals surface area contributed by atoms with Gasteiger partial charge in [0.25, 0.3) is 0 Å². The molecule has 0 aliphatic heterocycles. The lowest BCUT2D eigenvalue weighted by Crippen LogP contribution is -2.60. The summed E-state index contributed by atoms with van der Waals surface area (Å²) in [7, 11) is 0. The number of amides is 1. The van der Waals surface area contributed by atoms with Gasteiger partial charge in [0.2, 0.25) is 0 Å². The number of rotatable bonds is 5. The Morgan fingerprint density at radius 1 is 1.29 bits per heavy atom. The molecule has 0 saturated heterocycles. The van der Waals surface area contributed by atoms with Crippen molar-refractivity contribution in [2.75, 3.05) is 0 Å². The van der Waals surface area contributed by atoms with Crippen LogP contribution in [0.1, 0.15) is 52.5 Å². The highest BCUT2D eigenvalue weighted by atomic mass is 16.6. The van der Waals surface area contributed by atoms with Crippen molar-refractivity contribution >= 4 is 12.1 Å². The van der Waals surface area contributed by atoms with Crippen LogP contribution < -0.4 is 11.1 Å². The summed E-state index contributed by atoms with van der Waals surface area (Å²) in [5.41, 5.74) is 5.87. The van der Waals surface area contributed by atoms with Gasteiger partial charge in [-0.15, -0.1) is 0 Å². The maximum atomic E-state index is 12.7. The van der Waals surface area contributed by atoms with Crippen molar-refractivity contribution < 1.29 is 19.1 Å². The molecule has 28 heavy (non-hydrogen) atoms.